The van der Waals surface area contributed by atoms with Crippen LogP contribution in [0.2, 0.25) is 0 Å². The predicted molar refractivity (Wildman–Crippen MR) is 144 cm³/mol. The van der Waals surface area contributed by atoms with Gasteiger partial charge in [0.2, 0.25) is 0 Å². The highest BCUT2D eigenvalue weighted by Gasteiger charge is 2.29. The molecular weight excluding hydrogens is 537 g/mol. The van der Waals surface area contributed by atoms with E-state index < -0.39 is 23.8 Å². The third-order valence-corrected chi connectivity index (χ3v) is 6.91. The highest BCUT2D eigenvalue weighted by atomic mass is 79.9. The zero-order valence-electron chi connectivity index (χ0n) is 20.2. The quantitative estimate of drug-likeness (QED) is 0.298. The number of fused-ring (bicyclic) bond motifs is 2. The molecule has 1 aromatic heterocycles. The molecule has 1 unspecified atom stereocenters. The standard InChI is InChI=1S/C29H25BrFN3O3/c1-18(28(35)33-26-12-11-20(30)15-23(26)31)37-29(36)27-21-9-5-6-10-24(21)32-25-13-14-34(17-22(25)27)16-19-7-3-2-4-8-19/h2-12,15,18H,13-14,16-17H2,1H3,(H,33,35). The van der Waals surface area contributed by atoms with Gasteiger partial charge in [0.15, 0.2) is 6.10 Å². The van der Waals surface area contributed by atoms with Crippen molar-refractivity contribution in [3.8, 4) is 0 Å². The first-order valence-electron chi connectivity index (χ1n) is 12.0. The van der Waals surface area contributed by atoms with Gasteiger partial charge >= 0.3 is 5.97 Å². The number of rotatable bonds is 6. The van der Waals surface area contributed by atoms with Crippen LogP contribution in [-0.4, -0.2) is 34.4 Å². The number of pyridine rings is 1. The van der Waals surface area contributed by atoms with Crippen molar-refractivity contribution in [3.05, 3.63) is 105 Å². The summed E-state index contributed by atoms with van der Waals surface area (Å²) < 4.78 is 20.4. The number of para-hydroxylation sites is 1. The highest BCUT2D eigenvalue weighted by Crippen LogP contribution is 2.30. The molecule has 0 radical (unpaired) electrons. The minimum atomic E-state index is -1.14. The second-order valence-electron chi connectivity index (χ2n) is 9.04. The molecule has 2 heterocycles. The summed E-state index contributed by atoms with van der Waals surface area (Å²) in [5.74, 6) is -1.81. The van der Waals surface area contributed by atoms with Gasteiger partial charge in [-0.05, 0) is 36.8 Å². The van der Waals surface area contributed by atoms with Crippen LogP contribution in [0.5, 0.6) is 0 Å². The van der Waals surface area contributed by atoms with Crippen LogP contribution in [0.25, 0.3) is 10.9 Å². The van der Waals surface area contributed by atoms with Crippen LogP contribution in [0, 0.1) is 5.82 Å². The number of hydrogen-bond acceptors (Lipinski definition) is 5. The Morgan fingerprint density at radius 1 is 1.11 bits per heavy atom. The van der Waals surface area contributed by atoms with E-state index >= 15 is 0 Å². The number of benzene rings is 3. The fourth-order valence-corrected chi connectivity index (χ4v) is 4.89. The Hall–Kier alpha value is -3.62. The summed E-state index contributed by atoms with van der Waals surface area (Å²) in [4.78, 5) is 33.4. The molecule has 188 valence electrons. The molecule has 0 spiro atoms. The summed E-state index contributed by atoms with van der Waals surface area (Å²) in [6.45, 7) is 3.58. The molecule has 37 heavy (non-hydrogen) atoms. The SMILES string of the molecule is CC(OC(=O)c1c2c(nc3ccccc13)CCN(Cc1ccccc1)C2)C(=O)Nc1ccc(Br)cc1F. The molecule has 1 atom stereocenters. The van der Waals surface area contributed by atoms with Crippen molar-refractivity contribution in [2.75, 3.05) is 11.9 Å². The molecule has 3 aromatic carbocycles. The largest absolute Gasteiger partial charge is 0.449 e. The summed E-state index contributed by atoms with van der Waals surface area (Å²) in [6, 6.07) is 21.9. The molecular formula is C29H25BrFN3O3. The molecule has 0 fully saturated rings. The maximum absolute atomic E-state index is 14.2. The molecule has 8 heteroatoms. The Kier molecular flexibility index (Phi) is 7.30. The first-order chi connectivity index (χ1) is 17.9. The lowest BCUT2D eigenvalue weighted by atomic mass is 9.95. The molecule has 1 aliphatic rings. The topological polar surface area (TPSA) is 71.5 Å². The second-order valence-corrected chi connectivity index (χ2v) is 9.95. The number of nitrogens with zero attached hydrogens (tertiary/aromatic N) is 2. The monoisotopic (exact) mass is 561 g/mol. The van der Waals surface area contributed by atoms with Crippen molar-refractivity contribution in [3.63, 3.8) is 0 Å². The molecule has 0 saturated heterocycles. The Labute approximate surface area is 222 Å². The summed E-state index contributed by atoms with van der Waals surface area (Å²) in [5, 5.41) is 3.18. The van der Waals surface area contributed by atoms with Crippen LogP contribution in [0.1, 0.15) is 34.1 Å². The van der Waals surface area contributed by atoms with E-state index in [0.29, 0.717) is 33.9 Å². The van der Waals surface area contributed by atoms with Crippen molar-refractivity contribution < 1.29 is 18.7 Å². The van der Waals surface area contributed by atoms with Crippen molar-refractivity contribution in [1.29, 1.82) is 0 Å². The number of ether oxygens (including phenoxy) is 1. The normalized spacial score (nSPS) is 14.1. The molecule has 1 N–H and O–H groups in total. The number of nitrogens with one attached hydrogen (secondary N) is 1. The minimum Gasteiger partial charge on any atom is -0.449 e. The molecule has 0 bridgehead atoms. The number of amides is 1. The summed E-state index contributed by atoms with van der Waals surface area (Å²) in [5.41, 5.74) is 4.02. The number of esters is 1. The second kappa shape index (κ2) is 10.8. The van der Waals surface area contributed by atoms with Gasteiger partial charge in [0.05, 0.1) is 16.8 Å². The third kappa shape index (κ3) is 5.55. The van der Waals surface area contributed by atoms with E-state index in [-0.39, 0.29) is 5.69 Å². The number of carbonyl (C=O) groups is 2. The van der Waals surface area contributed by atoms with Gasteiger partial charge in [0.25, 0.3) is 5.91 Å². The predicted octanol–water partition coefficient (Wildman–Crippen LogP) is 5.88. The molecule has 0 saturated carbocycles. The van der Waals surface area contributed by atoms with Crippen LogP contribution < -0.4 is 5.32 Å². The zero-order valence-corrected chi connectivity index (χ0v) is 21.8. The van der Waals surface area contributed by atoms with Crippen molar-refractivity contribution >= 4 is 44.4 Å². The van der Waals surface area contributed by atoms with E-state index in [0.717, 1.165) is 24.3 Å². The lowest BCUT2D eigenvalue weighted by Crippen LogP contribution is -2.34. The molecule has 5 rings (SSSR count). The molecule has 1 amide bonds. The van der Waals surface area contributed by atoms with E-state index in [4.69, 9.17) is 9.72 Å². The molecule has 1 aliphatic heterocycles. The number of anilines is 1. The zero-order chi connectivity index (χ0) is 25.9. The van der Waals surface area contributed by atoms with E-state index in [9.17, 15) is 14.0 Å². The number of halogens is 2. The van der Waals surface area contributed by atoms with Crippen molar-refractivity contribution in [2.24, 2.45) is 0 Å². The maximum Gasteiger partial charge on any atom is 0.339 e. The van der Waals surface area contributed by atoms with Gasteiger partial charge in [0.1, 0.15) is 5.82 Å². The summed E-state index contributed by atoms with van der Waals surface area (Å²) in [6.07, 6.45) is -0.436. The van der Waals surface area contributed by atoms with Gasteiger partial charge < -0.3 is 10.1 Å². The van der Waals surface area contributed by atoms with Gasteiger partial charge in [-0.25, -0.2) is 9.18 Å². The average Bonchev–Trinajstić information content (AvgIpc) is 2.89. The minimum absolute atomic E-state index is 0.0133. The van der Waals surface area contributed by atoms with E-state index in [1.165, 1.54) is 24.6 Å². The Balaban J connectivity index is 1.40. The summed E-state index contributed by atoms with van der Waals surface area (Å²) in [7, 11) is 0. The maximum atomic E-state index is 14.2. The molecule has 4 aromatic rings. The van der Waals surface area contributed by atoms with Gasteiger partial charge in [-0.2, -0.15) is 0 Å². The Bertz CT molecular complexity index is 1480. The molecule has 0 aliphatic carbocycles. The van der Waals surface area contributed by atoms with E-state index in [2.05, 4.69) is 38.3 Å². The smallest absolute Gasteiger partial charge is 0.339 e. The number of carbonyl (C=O) groups excluding carboxylic acids is 2. The Morgan fingerprint density at radius 3 is 2.65 bits per heavy atom. The Morgan fingerprint density at radius 2 is 1.86 bits per heavy atom. The lowest BCUT2D eigenvalue weighted by Gasteiger charge is -2.30. The van der Waals surface area contributed by atoms with Crippen LogP contribution in [0.3, 0.4) is 0 Å². The van der Waals surface area contributed by atoms with Gasteiger partial charge in [-0.15, -0.1) is 0 Å². The lowest BCUT2D eigenvalue weighted by molar-refractivity contribution is -0.123. The number of hydrogen-bond donors (Lipinski definition) is 1. The van der Waals surface area contributed by atoms with Crippen LogP contribution in [-0.2, 0) is 29.0 Å². The summed E-state index contributed by atoms with van der Waals surface area (Å²) >= 11 is 3.19. The van der Waals surface area contributed by atoms with Gasteiger partial charge in [-0.3, -0.25) is 14.7 Å². The molecule has 6 nitrogen and oxygen atoms in total. The fourth-order valence-electron chi connectivity index (χ4n) is 4.55. The number of aromatic nitrogens is 1. The average molecular weight is 562 g/mol. The van der Waals surface area contributed by atoms with Gasteiger partial charge in [-0.1, -0.05) is 64.5 Å². The van der Waals surface area contributed by atoms with Crippen LogP contribution in [0.15, 0.2) is 77.3 Å². The van der Waals surface area contributed by atoms with Gasteiger partial charge in [0, 0.05) is 47.2 Å². The highest BCUT2D eigenvalue weighted by molar-refractivity contribution is 9.10. The van der Waals surface area contributed by atoms with Crippen LogP contribution in [0.4, 0.5) is 10.1 Å². The first kappa shape index (κ1) is 25.0. The third-order valence-electron chi connectivity index (χ3n) is 6.42. The fraction of sp³-hybridized carbons (Fsp3) is 0.207. The first-order valence-corrected chi connectivity index (χ1v) is 12.8. The van der Waals surface area contributed by atoms with Crippen molar-refractivity contribution in [2.45, 2.75) is 32.5 Å². The van der Waals surface area contributed by atoms with E-state index in [1.54, 1.807) is 6.07 Å². The van der Waals surface area contributed by atoms with E-state index in [1.807, 2.05) is 42.5 Å². The van der Waals surface area contributed by atoms with Crippen LogP contribution >= 0.6 is 15.9 Å². The van der Waals surface area contributed by atoms with Crippen molar-refractivity contribution in [1.82, 2.24) is 9.88 Å².